The average molecular weight is 258 g/mol. The van der Waals surface area contributed by atoms with Gasteiger partial charge in [-0.25, -0.2) is 0 Å². The summed E-state index contributed by atoms with van der Waals surface area (Å²) in [5.41, 5.74) is -1.08. The summed E-state index contributed by atoms with van der Waals surface area (Å²) >= 11 is 0. The number of carbonyl (C=O) groups excluding carboxylic acids is 1. The van der Waals surface area contributed by atoms with E-state index in [1.165, 1.54) is 0 Å². The summed E-state index contributed by atoms with van der Waals surface area (Å²) in [7, 11) is 0. The van der Waals surface area contributed by atoms with Crippen LogP contribution in [0.25, 0.3) is 0 Å². The Hall–Kier alpha value is -0.530. The zero-order valence-electron chi connectivity index (χ0n) is 11.0. The molecule has 0 aromatic carbocycles. The maximum absolute atomic E-state index is 12.4. The first kappa shape index (κ1) is 12.5. The molecule has 6 nitrogen and oxygen atoms in total. The molecule has 2 unspecified atom stereocenters. The molecule has 0 aliphatic carbocycles. The molecule has 3 fully saturated rings. The van der Waals surface area contributed by atoms with Gasteiger partial charge in [0, 0.05) is 0 Å². The first-order valence-corrected chi connectivity index (χ1v) is 6.09. The Morgan fingerprint density at radius 3 is 2.11 bits per heavy atom. The van der Waals surface area contributed by atoms with Crippen molar-refractivity contribution >= 4 is 5.78 Å². The Morgan fingerprint density at radius 1 is 0.944 bits per heavy atom. The predicted octanol–water partition coefficient (Wildman–Crippen LogP) is 0.585. The van der Waals surface area contributed by atoms with Crippen LogP contribution >= 0.6 is 0 Å². The second-order valence-electron chi connectivity index (χ2n) is 5.88. The van der Waals surface area contributed by atoms with Gasteiger partial charge in [0.05, 0.1) is 13.2 Å². The molecule has 3 heterocycles. The lowest BCUT2D eigenvalue weighted by atomic mass is 9.98. The van der Waals surface area contributed by atoms with E-state index < -0.39 is 29.6 Å². The van der Waals surface area contributed by atoms with Crippen molar-refractivity contribution < 1.29 is 28.5 Å². The van der Waals surface area contributed by atoms with Crippen LogP contribution in [0.3, 0.4) is 0 Å². The summed E-state index contributed by atoms with van der Waals surface area (Å²) < 4.78 is 27.8. The highest BCUT2D eigenvalue weighted by Crippen LogP contribution is 2.42. The molecule has 0 N–H and O–H groups in total. The monoisotopic (exact) mass is 258 g/mol. The molecule has 3 aliphatic rings. The molecule has 0 bridgehead atoms. The molecule has 102 valence electrons. The van der Waals surface area contributed by atoms with Gasteiger partial charge in [-0.05, 0) is 27.7 Å². The zero-order chi connectivity index (χ0) is 13.2. The lowest BCUT2D eigenvalue weighted by Gasteiger charge is -2.40. The molecule has 0 radical (unpaired) electrons. The van der Waals surface area contributed by atoms with Crippen LogP contribution in [-0.2, 0) is 28.5 Å². The topological polar surface area (TPSA) is 63.2 Å². The van der Waals surface area contributed by atoms with Crippen molar-refractivity contribution in [3.8, 4) is 0 Å². The second-order valence-corrected chi connectivity index (χ2v) is 5.88. The van der Waals surface area contributed by atoms with E-state index in [2.05, 4.69) is 0 Å². The molecule has 1 spiro atoms. The van der Waals surface area contributed by atoms with Crippen LogP contribution in [0.15, 0.2) is 0 Å². The van der Waals surface area contributed by atoms with E-state index in [9.17, 15) is 4.79 Å². The average Bonchev–Trinajstić information content (AvgIpc) is 2.66. The van der Waals surface area contributed by atoms with Crippen LogP contribution in [-0.4, -0.2) is 48.6 Å². The number of carbonyl (C=O) groups is 1. The van der Waals surface area contributed by atoms with Gasteiger partial charge in [0.15, 0.2) is 29.6 Å². The van der Waals surface area contributed by atoms with Crippen LogP contribution in [0.2, 0.25) is 0 Å². The van der Waals surface area contributed by atoms with Gasteiger partial charge in [-0.15, -0.1) is 0 Å². The maximum atomic E-state index is 12.4. The molecule has 6 heteroatoms. The molecule has 18 heavy (non-hydrogen) atoms. The Labute approximate surface area is 105 Å². The van der Waals surface area contributed by atoms with E-state index in [0.29, 0.717) is 0 Å². The minimum absolute atomic E-state index is 0.159. The lowest BCUT2D eigenvalue weighted by Crippen LogP contribution is -2.56. The summed E-state index contributed by atoms with van der Waals surface area (Å²) in [5, 5.41) is 0. The number of hydrogen-bond donors (Lipinski definition) is 0. The van der Waals surface area contributed by atoms with E-state index in [4.69, 9.17) is 23.7 Å². The Bertz CT molecular complexity index is 378. The van der Waals surface area contributed by atoms with Crippen molar-refractivity contribution in [3.05, 3.63) is 0 Å². The fourth-order valence-electron chi connectivity index (χ4n) is 2.41. The smallest absolute Gasteiger partial charge is 0.203 e. The number of Topliss-reactive ketones (excluding diaryl/α,β-unsaturated/α-hetero) is 1. The van der Waals surface area contributed by atoms with Gasteiger partial charge in [-0.3, -0.25) is 4.79 Å². The van der Waals surface area contributed by atoms with E-state index in [-0.39, 0.29) is 19.0 Å². The van der Waals surface area contributed by atoms with E-state index in [1.807, 2.05) is 0 Å². The Kier molecular flexibility index (Phi) is 2.44. The van der Waals surface area contributed by atoms with Crippen LogP contribution in [0.1, 0.15) is 27.7 Å². The SMILES string of the molecule is CC1(C)OCC2(CO1)OC1OC(C)(C)OC1C2=O. The Morgan fingerprint density at radius 2 is 1.56 bits per heavy atom. The zero-order valence-corrected chi connectivity index (χ0v) is 11.0. The highest BCUT2D eigenvalue weighted by atomic mass is 16.8. The highest BCUT2D eigenvalue weighted by Gasteiger charge is 2.63. The third-order valence-corrected chi connectivity index (χ3v) is 3.41. The van der Waals surface area contributed by atoms with Crippen molar-refractivity contribution in [2.24, 2.45) is 0 Å². The number of ether oxygens (including phenoxy) is 5. The molecule has 0 aromatic heterocycles. The minimum Gasteiger partial charge on any atom is -0.347 e. The predicted molar refractivity (Wildman–Crippen MR) is 58.6 cm³/mol. The first-order valence-electron chi connectivity index (χ1n) is 6.09. The van der Waals surface area contributed by atoms with E-state index in [1.54, 1.807) is 27.7 Å². The van der Waals surface area contributed by atoms with Gasteiger partial charge in [0.25, 0.3) is 0 Å². The number of fused-ring (bicyclic) bond motifs is 1. The highest BCUT2D eigenvalue weighted by molar-refractivity contribution is 5.94. The summed E-state index contributed by atoms with van der Waals surface area (Å²) in [6, 6.07) is 0. The quantitative estimate of drug-likeness (QED) is 0.633. The fraction of sp³-hybridized carbons (Fsp3) is 0.917. The van der Waals surface area contributed by atoms with Gasteiger partial charge in [0.1, 0.15) is 0 Å². The van der Waals surface area contributed by atoms with Crippen LogP contribution in [0, 0.1) is 0 Å². The lowest BCUT2D eigenvalue weighted by molar-refractivity contribution is -0.318. The summed E-state index contributed by atoms with van der Waals surface area (Å²) in [4.78, 5) is 12.4. The van der Waals surface area contributed by atoms with Gasteiger partial charge in [-0.2, -0.15) is 0 Å². The van der Waals surface area contributed by atoms with Gasteiger partial charge in [0.2, 0.25) is 5.78 Å². The van der Waals surface area contributed by atoms with Crippen molar-refractivity contribution in [1.82, 2.24) is 0 Å². The molecule has 0 amide bonds. The first-order chi connectivity index (χ1) is 8.23. The third kappa shape index (κ3) is 1.80. The van der Waals surface area contributed by atoms with Crippen LogP contribution in [0.4, 0.5) is 0 Å². The summed E-state index contributed by atoms with van der Waals surface area (Å²) in [6.45, 7) is 7.45. The maximum Gasteiger partial charge on any atom is 0.203 e. The largest absolute Gasteiger partial charge is 0.347 e. The van der Waals surface area contributed by atoms with Crippen molar-refractivity contribution in [2.45, 2.75) is 57.3 Å². The normalized spacial score (nSPS) is 40.1. The standard InChI is InChI=1S/C12H18O6/c1-10(2)14-5-12(6-15-10)8(13)7-9(18-12)17-11(3,4)16-7/h7,9H,5-6H2,1-4H3. The number of rotatable bonds is 0. The molecule has 2 atom stereocenters. The number of hydrogen-bond acceptors (Lipinski definition) is 6. The fourth-order valence-corrected chi connectivity index (χ4v) is 2.41. The molecule has 3 rings (SSSR count). The molecular formula is C12H18O6. The summed E-state index contributed by atoms with van der Waals surface area (Å²) in [5.74, 6) is -1.64. The molecule has 0 aromatic rings. The third-order valence-electron chi connectivity index (χ3n) is 3.41. The van der Waals surface area contributed by atoms with Crippen molar-refractivity contribution in [2.75, 3.05) is 13.2 Å². The molecule has 0 saturated carbocycles. The Balaban J connectivity index is 1.77. The molecule has 3 saturated heterocycles. The van der Waals surface area contributed by atoms with E-state index >= 15 is 0 Å². The minimum atomic E-state index is -1.08. The number of ketones is 1. The van der Waals surface area contributed by atoms with Crippen LogP contribution in [0.5, 0.6) is 0 Å². The van der Waals surface area contributed by atoms with Gasteiger partial charge >= 0.3 is 0 Å². The summed E-state index contributed by atoms with van der Waals surface area (Å²) in [6.07, 6.45) is -1.35. The van der Waals surface area contributed by atoms with Gasteiger partial charge < -0.3 is 23.7 Å². The van der Waals surface area contributed by atoms with Gasteiger partial charge in [-0.1, -0.05) is 0 Å². The van der Waals surface area contributed by atoms with Crippen molar-refractivity contribution in [1.29, 1.82) is 0 Å². The molecular weight excluding hydrogens is 240 g/mol. The molecule has 3 aliphatic heterocycles. The van der Waals surface area contributed by atoms with Crippen LogP contribution < -0.4 is 0 Å². The second kappa shape index (κ2) is 3.52. The van der Waals surface area contributed by atoms with Crippen molar-refractivity contribution in [3.63, 3.8) is 0 Å². The van der Waals surface area contributed by atoms with E-state index in [0.717, 1.165) is 0 Å².